The van der Waals surface area contributed by atoms with Crippen molar-refractivity contribution >= 4 is 29.1 Å². The lowest BCUT2D eigenvalue weighted by atomic mass is 10.1. The van der Waals surface area contributed by atoms with Gasteiger partial charge in [0.05, 0.1) is 11.8 Å². The first-order valence-corrected chi connectivity index (χ1v) is 9.20. The maximum absolute atomic E-state index is 12.6. The van der Waals surface area contributed by atoms with Gasteiger partial charge in [-0.3, -0.25) is 4.79 Å². The Morgan fingerprint density at radius 2 is 1.92 bits per heavy atom. The number of hydrogen-bond acceptors (Lipinski definition) is 4. The maximum atomic E-state index is 12.6. The Hall–Kier alpha value is -2.11. The zero-order valence-electron chi connectivity index (χ0n) is 14.0. The summed E-state index contributed by atoms with van der Waals surface area (Å²) in [5.74, 6) is 0.855. The molecule has 0 spiro atoms. The molecule has 2 aromatic carbocycles. The van der Waals surface area contributed by atoms with Gasteiger partial charge in [0.1, 0.15) is 5.82 Å². The van der Waals surface area contributed by atoms with Crippen LogP contribution in [0, 0.1) is 6.92 Å². The molecule has 0 amide bonds. The summed E-state index contributed by atoms with van der Waals surface area (Å²) in [6, 6.07) is 17.2. The molecule has 0 radical (unpaired) electrons. The number of benzene rings is 2. The van der Waals surface area contributed by atoms with Crippen LogP contribution < -0.4 is 0 Å². The largest absolute Gasteiger partial charge is 0.302 e. The minimum absolute atomic E-state index is 0.0272. The van der Waals surface area contributed by atoms with E-state index in [1.165, 1.54) is 17.3 Å². The van der Waals surface area contributed by atoms with Gasteiger partial charge in [0, 0.05) is 10.6 Å². The number of nitrogens with zero attached hydrogens (tertiary/aromatic N) is 3. The quantitative estimate of drug-likeness (QED) is 0.467. The van der Waals surface area contributed by atoms with Crippen molar-refractivity contribution < 1.29 is 4.79 Å². The van der Waals surface area contributed by atoms with E-state index in [1.54, 1.807) is 24.3 Å². The second-order valence-electron chi connectivity index (χ2n) is 5.74. The van der Waals surface area contributed by atoms with E-state index in [-0.39, 0.29) is 11.0 Å². The smallest absolute Gasteiger partial charge is 0.192 e. The summed E-state index contributed by atoms with van der Waals surface area (Å²) in [4.78, 5) is 12.6. The number of rotatable bonds is 6. The van der Waals surface area contributed by atoms with E-state index in [2.05, 4.69) is 22.3 Å². The first kappa shape index (κ1) is 17.7. The van der Waals surface area contributed by atoms with Crippen molar-refractivity contribution in [2.24, 2.45) is 0 Å². The molecule has 0 saturated carbocycles. The Kier molecular flexibility index (Phi) is 5.56. The molecule has 128 valence electrons. The van der Waals surface area contributed by atoms with Crippen LogP contribution in [-0.2, 0) is 6.54 Å². The zero-order chi connectivity index (χ0) is 17.8. The molecule has 6 heteroatoms. The molecule has 0 bridgehead atoms. The average Bonchev–Trinajstić information content (AvgIpc) is 2.95. The van der Waals surface area contributed by atoms with Gasteiger partial charge in [-0.1, -0.05) is 65.8 Å². The molecule has 1 heterocycles. The fourth-order valence-corrected chi connectivity index (χ4v) is 3.65. The van der Waals surface area contributed by atoms with Crippen molar-refractivity contribution in [2.75, 3.05) is 0 Å². The molecule has 0 unspecified atom stereocenters. The van der Waals surface area contributed by atoms with Gasteiger partial charge >= 0.3 is 0 Å². The molecule has 0 aliphatic rings. The summed E-state index contributed by atoms with van der Waals surface area (Å²) in [7, 11) is 0. The third kappa shape index (κ3) is 4.30. The zero-order valence-corrected chi connectivity index (χ0v) is 15.6. The van der Waals surface area contributed by atoms with Gasteiger partial charge in [-0.2, -0.15) is 0 Å². The Morgan fingerprint density at radius 1 is 1.16 bits per heavy atom. The molecular formula is C19H18ClN3OS. The van der Waals surface area contributed by atoms with Gasteiger partial charge in [-0.15, -0.1) is 10.2 Å². The predicted octanol–water partition coefficient (Wildman–Crippen LogP) is 4.65. The minimum atomic E-state index is -0.281. The van der Waals surface area contributed by atoms with Crippen LogP contribution in [0.2, 0.25) is 5.02 Å². The van der Waals surface area contributed by atoms with E-state index >= 15 is 0 Å². The van der Waals surface area contributed by atoms with Crippen molar-refractivity contribution in [3.05, 3.63) is 76.6 Å². The predicted molar refractivity (Wildman–Crippen MR) is 101 cm³/mol. The molecule has 0 saturated heterocycles. The summed E-state index contributed by atoms with van der Waals surface area (Å²) in [6.07, 6.45) is 0. The standard InChI is InChI=1S/C19H18ClN3OS/c1-13(18(24)16-9-6-10-17(20)11-16)25-19-22-21-14(2)23(19)12-15-7-4-3-5-8-15/h3-11,13H,12H2,1-2H3/t13-/m1/s1. The van der Waals surface area contributed by atoms with Crippen molar-refractivity contribution in [2.45, 2.75) is 30.8 Å². The number of aromatic nitrogens is 3. The first-order chi connectivity index (χ1) is 12.0. The fourth-order valence-electron chi connectivity index (χ4n) is 2.48. The Labute approximate surface area is 156 Å². The van der Waals surface area contributed by atoms with Gasteiger partial charge < -0.3 is 4.57 Å². The number of carbonyl (C=O) groups is 1. The van der Waals surface area contributed by atoms with Gasteiger partial charge in [-0.25, -0.2) is 0 Å². The van der Waals surface area contributed by atoms with Crippen LogP contribution in [0.25, 0.3) is 0 Å². The molecule has 0 N–H and O–H groups in total. The van der Waals surface area contributed by atoms with Crippen molar-refractivity contribution in [1.29, 1.82) is 0 Å². The molecule has 1 atom stereocenters. The lowest BCUT2D eigenvalue weighted by molar-refractivity contribution is 0.0994. The summed E-state index contributed by atoms with van der Waals surface area (Å²) >= 11 is 7.40. The van der Waals surface area contributed by atoms with E-state index < -0.39 is 0 Å². The minimum Gasteiger partial charge on any atom is -0.302 e. The highest BCUT2D eigenvalue weighted by Gasteiger charge is 2.20. The number of thioether (sulfide) groups is 1. The highest BCUT2D eigenvalue weighted by atomic mass is 35.5. The summed E-state index contributed by atoms with van der Waals surface area (Å²) in [5.41, 5.74) is 1.78. The lowest BCUT2D eigenvalue weighted by Crippen LogP contribution is -2.15. The normalized spacial score (nSPS) is 12.1. The highest BCUT2D eigenvalue weighted by molar-refractivity contribution is 8.00. The second kappa shape index (κ2) is 7.85. The lowest BCUT2D eigenvalue weighted by Gasteiger charge is -2.12. The topological polar surface area (TPSA) is 47.8 Å². The number of ketones is 1. The number of carbonyl (C=O) groups excluding carboxylic acids is 1. The van der Waals surface area contributed by atoms with Crippen LogP contribution in [0.1, 0.15) is 28.7 Å². The number of halogens is 1. The Morgan fingerprint density at radius 3 is 2.64 bits per heavy atom. The van der Waals surface area contributed by atoms with E-state index in [9.17, 15) is 4.79 Å². The van der Waals surface area contributed by atoms with Crippen LogP contribution >= 0.6 is 23.4 Å². The second-order valence-corrected chi connectivity index (χ2v) is 7.48. The Bertz CT molecular complexity index is 879. The third-order valence-electron chi connectivity index (χ3n) is 3.85. The SMILES string of the molecule is Cc1nnc(S[C@H](C)C(=O)c2cccc(Cl)c2)n1Cc1ccccc1. The van der Waals surface area contributed by atoms with Crippen LogP contribution in [0.3, 0.4) is 0 Å². The maximum Gasteiger partial charge on any atom is 0.192 e. The molecule has 4 nitrogen and oxygen atoms in total. The molecular weight excluding hydrogens is 354 g/mol. The van der Waals surface area contributed by atoms with Crippen molar-refractivity contribution in [3.63, 3.8) is 0 Å². The highest BCUT2D eigenvalue weighted by Crippen LogP contribution is 2.26. The van der Waals surface area contributed by atoms with Gasteiger partial charge in [0.15, 0.2) is 10.9 Å². The monoisotopic (exact) mass is 371 g/mol. The average molecular weight is 372 g/mol. The first-order valence-electron chi connectivity index (χ1n) is 7.95. The molecule has 0 aliphatic carbocycles. The van der Waals surface area contributed by atoms with Crippen LogP contribution in [-0.4, -0.2) is 25.8 Å². The molecule has 3 rings (SSSR count). The van der Waals surface area contributed by atoms with Gasteiger partial charge in [0.25, 0.3) is 0 Å². The molecule has 3 aromatic rings. The number of Topliss-reactive ketones (excluding diaryl/α,β-unsaturated/α-hetero) is 1. The van der Waals surface area contributed by atoms with Gasteiger partial charge in [0.2, 0.25) is 0 Å². The van der Waals surface area contributed by atoms with E-state index in [0.29, 0.717) is 17.1 Å². The molecule has 0 fully saturated rings. The van der Waals surface area contributed by atoms with E-state index in [1.807, 2.05) is 36.6 Å². The van der Waals surface area contributed by atoms with Crippen LogP contribution in [0.4, 0.5) is 0 Å². The summed E-state index contributed by atoms with van der Waals surface area (Å²) in [6.45, 7) is 4.48. The molecule has 1 aromatic heterocycles. The molecule has 0 aliphatic heterocycles. The number of hydrogen-bond donors (Lipinski definition) is 0. The summed E-state index contributed by atoms with van der Waals surface area (Å²) in [5, 5.41) is 9.44. The van der Waals surface area contributed by atoms with Gasteiger partial charge in [-0.05, 0) is 31.5 Å². The van der Waals surface area contributed by atoms with E-state index in [4.69, 9.17) is 11.6 Å². The number of aryl methyl sites for hydroxylation is 1. The molecule has 25 heavy (non-hydrogen) atoms. The Balaban J connectivity index is 1.78. The summed E-state index contributed by atoms with van der Waals surface area (Å²) < 4.78 is 2.03. The van der Waals surface area contributed by atoms with Crippen LogP contribution in [0.5, 0.6) is 0 Å². The van der Waals surface area contributed by atoms with Crippen molar-refractivity contribution in [3.8, 4) is 0 Å². The van der Waals surface area contributed by atoms with E-state index in [0.717, 1.165) is 11.0 Å². The fraction of sp³-hybridized carbons (Fsp3) is 0.211. The third-order valence-corrected chi connectivity index (χ3v) is 5.16. The van der Waals surface area contributed by atoms with Crippen LogP contribution in [0.15, 0.2) is 59.8 Å². The van der Waals surface area contributed by atoms with Crippen molar-refractivity contribution in [1.82, 2.24) is 14.8 Å².